The number of benzene rings is 1. The zero-order chi connectivity index (χ0) is 10.8. The monoisotopic (exact) mass is 225 g/mol. The number of nitrogens with two attached hydrogens (primary N) is 1. The van der Waals surface area contributed by atoms with Crippen LogP contribution in [0.25, 0.3) is 0 Å². The van der Waals surface area contributed by atoms with E-state index in [1.165, 1.54) is 12.8 Å². The summed E-state index contributed by atoms with van der Waals surface area (Å²) in [5.74, 6) is 0.353. The molecule has 3 N–H and O–H groups in total. The molecule has 0 aromatic heterocycles. The van der Waals surface area contributed by atoms with Crippen molar-refractivity contribution in [3.8, 4) is 0 Å². The Balaban J connectivity index is 2.23. The molecule has 0 spiro atoms. The number of aliphatic hydroxyl groups excluding tert-OH is 1. The molecule has 0 bridgehead atoms. The van der Waals surface area contributed by atoms with Crippen molar-refractivity contribution in [2.45, 2.75) is 31.8 Å². The van der Waals surface area contributed by atoms with E-state index in [1.54, 1.807) is 18.2 Å². The van der Waals surface area contributed by atoms with Crippen molar-refractivity contribution in [2.24, 2.45) is 5.92 Å². The second kappa shape index (κ2) is 4.42. The highest BCUT2D eigenvalue weighted by Crippen LogP contribution is 2.38. The molecule has 1 atom stereocenters. The van der Waals surface area contributed by atoms with E-state index in [2.05, 4.69) is 0 Å². The van der Waals surface area contributed by atoms with Crippen LogP contribution in [0.4, 0.5) is 5.69 Å². The minimum absolute atomic E-state index is 0.353. The Hall–Kier alpha value is -0.730. The SMILES string of the molecule is Nc1ccc(Cl)cc1C(O)C1CCCC1. The zero-order valence-corrected chi connectivity index (χ0v) is 9.37. The fourth-order valence-electron chi connectivity index (χ4n) is 2.33. The van der Waals surface area contributed by atoms with Crippen molar-refractivity contribution in [2.75, 3.05) is 5.73 Å². The van der Waals surface area contributed by atoms with E-state index in [1.807, 2.05) is 0 Å². The van der Waals surface area contributed by atoms with Gasteiger partial charge in [-0.05, 0) is 37.0 Å². The van der Waals surface area contributed by atoms with Crippen LogP contribution in [0.1, 0.15) is 37.4 Å². The van der Waals surface area contributed by atoms with Gasteiger partial charge in [0, 0.05) is 16.3 Å². The third-order valence-electron chi connectivity index (χ3n) is 3.21. The first-order valence-corrected chi connectivity index (χ1v) is 5.79. The summed E-state index contributed by atoms with van der Waals surface area (Å²) in [5, 5.41) is 10.8. The summed E-state index contributed by atoms with van der Waals surface area (Å²) in [5.41, 5.74) is 7.26. The highest BCUT2D eigenvalue weighted by molar-refractivity contribution is 6.30. The zero-order valence-electron chi connectivity index (χ0n) is 8.62. The molecule has 3 heteroatoms. The number of aliphatic hydroxyl groups is 1. The number of halogens is 1. The summed E-state index contributed by atoms with van der Waals surface area (Å²) in [4.78, 5) is 0. The first kappa shape index (κ1) is 10.8. The minimum atomic E-state index is -0.453. The predicted molar refractivity (Wildman–Crippen MR) is 62.8 cm³/mol. The number of hydrogen-bond donors (Lipinski definition) is 2. The van der Waals surface area contributed by atoms with Gasteiger partial charge in [-0.2, -0.15) is 0 Å². The Morgan fingerprint density at radius 3 is 2.67 bits per heavy atom. The molecule has 82 valence electrons. The van der Waals surface area contributed by atoms with Gasteiger partial charge in [0.25, 0.3) is 0 Å². The molecule has 0 heterocycles. The first-order chi connectivity index (χ1) is 7.18. The molecule has 2 nitrogen and oxygen atoms in total. The van der Waals surface area contributed by atoms with Crippen LogP contribution in [0.5, 0.6) is 0 Å². The molecule has 1 unspecified atom stereocenters. The van der Waals surface area contributed by atoms with Crippen molar-refractivity contribution in [3.05, 3.63) is 28.8 Å². The second-order valence-electron chi connectivity index (χ2n) is 4.26. The van der Waals surface area contributed by atoms with E-state index in [0.29, 0.717) is 16.6 Å². The summed E-state index contributed by atoms with van der Waals surface area (Å²) in [7, 11) is 0. The van der Waals surface area contributed by atoms with Crippen LogP contribution in [0, 0.1) is 5.92 Å². The number of hydrogen-bond acceptors (Lipinski definition) is 2. The maximum absolute atomic E-state index is 10.2. The van der Waals surface area contributed by atoms with Gasteiger partial charge >= 0.3 is 0 Å². The van der Waals surface area contributed by atoms with E-state index < -0.39 is 6.10 Å². The van der Waals surface area contributed by atoms with E-state index in [-0.39, 0.29) is 0 Å². The maximum atomic E-state index is 10.2. The molecule has 15 heavy (non-hydrogen) atoms. The average molecular weight is 226 g/mol. The van der Waals surface area contributed by atoms with Gasteiger partial charge in [-0.1, -0.05) is 24.4 Å². The highest BCUT2D eigenvalue weighted by Gasteiger charge is 2.25. The topological polar surface area (TPSA) is 46.2 Å². The lowest BCUT2D eigenvalue weighted by molar-refractivity contribution is 0.112. The first-order valence-electron chi connectivity index (χ1n) is 5.41. The maximum Gasteiger partial charge on any atom is 0.0838 e. The minimum Gasteiger partial charge on any atom is -0.398 e. The van der Waals surface area contributed by atoms with Crippen LogP contribution in [0.3, 0.4) is 0 Å². The average Bonchev–Trinajstić information content (AvgIpc) is 2.74. The molecular formula is C12H16ClNO. The number of anilines is 1. The van der Waals surface area contributed by atoms with Crippen molar-refractivity contribution in [1.82, 2.24) is 0 Å². The normalized spacial score (nSPS) is 19.3. The van der Waals surface area contributed by atoms with Crippen LogP contribution in [0.15, 0.2) is 18.2 Å². The molecule has 0 saturated heterocycles. The quantitative estimate of drug-likeness (QED) is 0.760. The van der Waals surface area contributed by atoms with Gasteiger partial charge in [-0.3, -0.25) is 0 Å². The highest BCUT2D eigenvalue weighted by atomic mass is 35.5. The Morgan fingerprint density at radius 1 is 1.33 bits per heavy atom. The van der Waals surface area contributed by atoms with Crippen LogP contribution < -0.4 is 5.73 Å². The molecule has 1 saturated carbocycles. The lowest BCUT2D eigenvalue weighted by Crippen LogP contribution is -2.11. The molecule has 1 aromatic rings. The number of nitrogen functional groups attached to an aromatic ring is 1. The molecule has 0 aliphatic heterocycles. The smallest absolute Gasteiger partial charge is 0.0838 e. The fraction of sp³-hybridized carbons (Fsp3) is 0.500. The van der Waals surface area contributed by atoms with Crippen molar-refractivity contribution >= 4 is 17.3 Å². The summed E-state index contributed by atoms with van der Waals surface area (Å²) >= 11 is 5.90. The molecule has 1 aromatic carbocycles. The summed E-state index contributed by atoms with van der Waals surface area (Å²) in [6.07, 6.45) is 4.15. The molecule has 1 aliphatic carbocycles. The van der Waals surface area contributed by atoms with Crippen LogP contribution in [-0.2, 0) is 0 Å². The van der Waals surface area contributed by atoms with Crippen molar-refractivity contribution < 1.29 is 5.11 Å². The van der Waals surface area contributed by atoms with Gasteiger partial charge in [0.15, 0.2) is 0 Å². The Morgan fingerprint density at radius 2 is 2.00 bits per heavy atom. The number of rotatable bonds is 2. The van der Waals surface area contributed by atoms with Crippen molar-refractivity contribution in [1.29, 1.82) is 0 Å². The Kier molecular flexibility index (Phi) is 3.17. The van der Waals surface area contributed by atoms with Gasteiger partial charge in [0.05, 0.1) is 6.10 Å². The summed E-state index contributed by atoms with van der Waals surface area (Å²) < 4.78 is 0. The summed E-state index contributed by atoms with van der Waals surface area (Å²) in [6.45, 7) is 0. The van der Waals surface area contributed by atoms with Gasteiger partial charge in [-0.25, -0.2) is 0 Å². The second-order valence-corrected chi connectivity index (χ2v) is 4.70. The Labute approximate surface area is 95.1 Å². The van der Waals surface area contributed by atoms with Gasteiger partial charge in [-0.15, -0.1) is 0 Å². The van der Waals surface area contributed by atoms with Crippen LogP contribution in [-0.4, -0.2) is 5.11 Å². The van der Waals surface area contributed by atoms with E-state index in [9.17, 15) is 5.11 Å². The van der Waals surface area contributed by atoms with Gasteiger partial charge in [0.2, 0.25) is 0 Å². The molecular weight excluding hydrogens is 210 g/mol. The van der Waals surface area contributed by atoms with Crippen LogP contribution >= 0.6 is 11.6 Å². The van der Waals surface area contributed by atoms with Crippen LogP contribution in [0.2, 0.25) is 5.02 Å². The van der Waals surface area contributed by atoms with E-state index >= 15 is 0 Å². The molecule has 2 rings (SSSR count). The largest absolute Gasteiger partial charge is 0.398 e. The molecule has 0 radical (unpaired) electrons. The third kappa shape index (κ3) is 2.27. The third-order valence-corrected chi connectivity index (χ3v) is 3.45. The predicted octanol–water partition coefficient (Wildman–Crippen LogP) is 3.15. The molecule has 0 amide bonds. The van der Waals surface area contributed by atoms with E-state index in [4.69, 9.17) is 17.3 Å². The lowest BCUT2D eigenvalue weighted by atomic mass is 9.93. The molecule has 1 fully saturated rings. The van der Waals surface area contributed by atoms with Gasteiger partial charge in [0.1, 0.15) is 0 Å². The van der Waals surface area contributed by atoms with Crippen molar-refractivity contribution in [3.63, 3.8) is 0 Å². The lowest BCUT2D eigenvalue weighted by Gasteiger charge is -2.19. The fourth-order valence-corrected chi connectivity index (χ4v) is 2.51. The Bertz CT molecular complexity index is 347. The summed E-state index contributed by atoms with van der Waals surface area (Å²) in [6, 6.07) is 5.29. The molecule has 1 aliphatic rings. The van der Waals surface area contributed by atoms with Gasteiger partial charge < -0.3 is 10.8 Å². The standard InChI is InChI=1S/C12H16ClNO/c13-9-5-6-11(14)10(7-9)12(15)8-3-1-2-4-8/h5-8,12,15H,1-4,14H2. The van der Waals surface area contributed by atoms with E-state index in [0.717, 1.165) is 18.4 Å².